The van der Waals surface area contributed by atoms with E-state index in [2.05, 4.69) is 20.7 Å². The minimum absolute atomic E-state index is 0.201. The molecular formula is C13H11BrN2O4S2. The van der Waals surface area contributed by atoms with E-state index in [0.717, 1.165) is 15.1 Å². The fourth-order valence-corrected chi connectivity index (χ4v) is 5.14. The van der Waals surface area contributed by atoms with Crippen molar-refractivity contribution in [1.29, 1.82) is 0 Å². The summed E-state index contributed by atoms with van der Waals surface area (Å²) in [5, 5.41) is 0. The van der Waals surface area contributed by atoms with Crippen molar-refractivity contribution in [1.82, 2.24) is 4.57 Å². The third-order valence-electron chi connectivity index (χ3n) is 3.05. The number of aryl methyl sites for hydroxylation is 1. The number of halogens is 1. The highest BCUT2D eigenvalue weighted by Gasteiger charge is 2.17. The molecule has 0 saturated heterocycles. The number of rotatable bonds is 4. The Hall–Kier alpha value is -1.58. The van der Waals surface area contributed by atoms with Gasteiger partial charge in [0, 0.05) is 12.6 Å². The van der Waals surface area contributed by atoms with Crippen molar-refractivity contribution in [2.45, 2.75) is 17.7 Å². The van der Waals surface area contributed by atoms with Gasteiger partial charge in [0.1, 0.15) is 4.21 Å². The molecule has 116 valence electrons. The van der Waals surface area contributed by atoms with Crippen LogP contribution in [0.15, 0.2) is 47.5 Å². The Kier molecular flexibility index (Phi) is 3.87. The summed E-state index contributed by atoms with van der Waals surface area (Å²) in [7, 11) is -3.66. The molecule has 0 spiro atoms. The van der Waals surface area contributed by atoms with E-state index in [1.165, 1.54) is 16.7 Å². The van der Waals surface area contributed by atoms with Gasteiger partial charge < -0.3 is 4.42 Å². The normalized spacial score (nSPS) is 11.9. The zero-order valence-electron chi connectivity index (χ0n) is 11.4. The number of aromatic nitrogens is 1. The van der Waals surface area contributed by atoms with Crippen molar-refractivity contribution in [3.05, 3.63) is 44.7 Å². The molecule has 6 nitrogen and oxygen atoms in total. The minimum Gasteiger partial charge on any atom is -0.408 e. The van der Waals surface area contributed by atoms with Gasteiger partial charge in [-0.15, -0.1) is 11.3 Å². The second-order valence-electron chi connectivity index (χ2n) is 4.46. The Balaban J connectivity index is 1.99. The molecule has 1 N–H and O–H groups in total. The fraction of sp³-hybridized carbons (Fsp3) is 0.154. The molecule has 0 bridgehead atoms. The number of hydrogen-bond donors (Lipinski definition) is 1. The van der Waals surface area contributed by atoms with Crippen molar-refractivity contribution in [3.63, 3.8) is 0 Å². The van der Waals surface area contributed by atoms with E-state index >= 15 is 0 Å². The van der Waals surface area contributed by atoms with Gasteiger partial charge in [-0.2, -0.15) is 0 Å². The van der Waals surface area contributed by atoms with E-state index in [1.54, 1.807) is 18.2 Å². The maximum absolute atomic E-state index is 12.3. The van der Waals surface area contributed by atoms with Gasteiger partial charge in [-0.1, -0.05) is 0 Å². The number of hydrogen-bond acceptors (Lipinski definition) is 5. The summed E-state index contributed by atoms with van der Waals surface area (Å²) in [6.45, 7) is 2.32. The first-order valence-corrected chi connectivity index (χ1v) is 9.41. The summed E-state index contributed by atoms with van der Waals surface area (Å²) in [6.07, 6.45) is 0. The fourth-order valence-electron chi connectivity index (χ4n) is 2.08. The van der Waals surface area contributed by atoms with Crippen LogP contribution in [-0.4, -0.2) is 13.0 Å². The van der Waals surface area contributed by atoms with Gasteiger partial charge >= 0.3 is 5.76 Å². The number of thiophene rings is 1. The van der Waals surface area contributed by atoms with E-state index < -0.39 is 15.8 Å². The monoisotopic (exact) mass is 402 g/mol. The Morgan fingerprint density at radius 2 is 2.09 bits per heavy atom. The van der Waals surface area contributed by atoms with Gasteiger partial charge in [0.25, 0.3) is 10.0 Å². The largest absolute Gasteiger partial charge is 0.419 e. The van der Waals surface area contributed by atoms with Crippen LogP contribution in [-0.2, 0) is 16.6 Å². The van der Waals surface area contributed by atoms with E-state index in [4.69, 9.17) is 4.42 Å². The smallest absolute Gasteiger partial charge is 0.408 e. The van der Waals surface area contributed by atoms with Gasteiger partial charge in [0.2, 0.25) is 0 Å². The molecule has 2 aromatic heterocycles. The van der Waals surface area contributed by atoms with E-state index in [1.807, 2.05) is 6.92 Å². The molecule has 0 saturated carbocycles. The van der Waals surface area contributed by atoms with Gasteiger partial charge in [0.05, 0.1) is 15.0 Å². The summed E-state index contributed by atoms with van der Waals surface area (Å²) < 4.78 is 34.5. The zero-order chi connectivity index (χ0) is 15.9. The van der Waals surface area contributed by atoms with Gasteiger partial charge in [-0.05, 0) is 47.1 Å². The molecule has 3 rings (SSSR count). The molecule has 3 aromatic rings. The van der Waals surface area contributed by atoms with Gasteiger partial charge in [0.15, 0.2) is 5.58 Å². The molecule has 0 aliphatic carbocycles. The molecule has 0 fully saturated rings. The lowest BCUT2D eigenvalue weighted by molar-refractivity contribution is 0.513. The summed E-state index contributed by atoms with van der Waals surface area (Å²) in [5.41, 5.74) is 1.32. The Morgan fingerprint density at radius 1 is 1.32 bits per heavy atom. The second kappa shape index (κ2) is 5.56. The molecule has 0 aliphatic heterocycles. The number of sulfonamides is 1. The number of nitrogens with zero attached hydrogens (tertiary/aromatic N) is 1. The highest BCUT2D eigenvalue weighted by Crippen LogP contribution is 2.28. The summed E-state index contributed by atoms with van der Waals surface area (Å²) in [4.78, 5) is 11.6. The molecule has 0 atom stereocenters. The molecule has 9 heteroatoms. The third kappa shape index (κ3) is 2.71. The second-order valence-corrected chi connectivity index (χ2v) is 8.83. The molecular weight excluding hydrogens is 392 g/mol. The molecule has 2 heterocycles. The van der Waals surface area contributed by atoms with Crippen molar-refractivity contribution < 1.29 is 12.8 Å². The van der Waals surface area contributed by atoms with Gasteiger partial charge in [-0.25, -0.2) is 13.2 Å². The Bertz CT molecular complexity index is 1000. The average Bonchev–Trinajstić information content (AvgIpc) is 3.01. The predicted octanol–water partition coefficient (Wildman–Crippen LogP) is 3.24. The maximum atomic E-state index is 12.3. The number of nitrogens with one attached hydrogen (secondary N) is 1. The van der Waals surface area contributed by atoms with Crippen LogP contribution in [0.5, 0.6) is 0 Å². The highest BCUT2D eigenvalue weighted by molar-refractivity contribution is 9.11. The first kappa shape index (κ1) is 15.3. The molecule has 0 aliphatic rings. The standard InChI is InChI=1S/C13H11BrN2O4S2/c1-2-16-9-4-3-8(7-10(9)20-13(16)17)15-22(18,19)12-6-5-11(14)21-12/h3-7,15H,2H2,1H3. The third-order valence-corrected chi connectivity index (χ3v) is 6.55. The van der Waals surface area contributed by atoms with Crippen LogP contribution in [0.25, 0.3) is 11.1 Å². The van der Waals surface area contributed by atoms with E-state index in [-0.39, 0.29) is 4.21 Å². The summed E-state index contributed by atoms with van der Waals surface area (Å²) >= 11 is 4.35. The molecule has 0 unspecified atom stereocenters. The lowest BCUT2D eigenvalue weighted by Crippen LogP contribution is -2.12. The van der Waals surface area contributed by atoms with E-state index in [9.17, 15) is 13.2 Å². The SMILES string of the molecule is CCn1c(=O)oc2cc(NS(=O)(=O)c3ccc(Br)s3)ccc21. The first-order valence-electron chi connectivity index (χ1n) is 6.32. The topological polar surface area (TPSA) is 81.3 Å². The van der Waals surface area contributed by atoms with Crippen LogP contribution in [0.2, 0.25) is 0 Å². The van der Waals surface area contributed by atoms with Crippen LogP contribution >= 0.6 is 27.3 Å². The van der Waals surface area contributed by atoms with Crippen LogP contribution in [0.3, 0.4) is 0 Å². The molecule has 0 amide bonds. The van der Waals surface area contributed by atoms with Crippen molar-refractivity contribution in [2.24, 2.45) is 0 Å². The minimum atomic E-state index is -3.66. The highest BCUT2D eigenvalue weighted by atomic mass is 79.9. The Morgan fingerprint density at radius 3 is 2.73 bits per heavy atom. The summed E-state index contributed by atoms with van der Waals surface area (Å²) in [6, 6.07) is 7.95. The lowest BCUT2D eigenvalue weighted by Gasteiger charge is -2.06. The van der Waals surface area contributed by atoms with Crippen LogP contribution in [0.4, 0.5) is 5.69 Å². The molecule has 1 aromatic carbocycles. The quantitative estimate of drug-likeness (QED) is 0.725. The number of oxazole rings is 1. The maximum Gasteiger partial charge on any atom is 0.419 e. The molecule has 0 radical (unpaired) electrons. The van der Waals surface area contributed by atoms with Crippen LogP contribution in [0, 0.1) is 0 Å². The van der Waals surface area contributed by atoms with E-state index in [0.29, 0.717) is 23.3 Å². The van der Waals surface area contributed by atoms with Crippen molar-refractivity contribution >= 4 is 54.1 Å². The molecule has 22 heavy (non-hydrogen) atoms. The Labute approximate surface area is 138 Å². The van der Waals surface area contributed by atoms with Gasteiger partial charge in [-0.3, -0.25) is 9.29 Å². The lowest BCUT2D eigenvalue weighted by atomic mass is 10.3. The predicted molar refractivity (Wildman–Crippen MR) is 89.0 cm³/mol. The zero-order valence-corrected chi connectivity index (χ0v) is 14.6. The van der Waals surface area contributed by atoms with Crippen molar-refractivity contribution in [3.8, 4) is 0 Å². The number of fused-ring (bicyclic) bond motifs is 1. The van der Waals surface area contributed by atoms with Crippen LogP contribution in [0.1, 0.15) is 6.92 Å². The first-order chi connectivity index (χ1) is 10.4. The summed E-state index contributed by atoms with van der Waals surface area (Å²) in [5.74, 6) is -0.459. The average molecular weight is 403 g/mol. The van der Waals surface area contributed by atoms with Crippen molar-refractivity contribution in [2.75, 3.05) is 4.72 Å². The van der Waals surface area contributed by atoms with Crippen LogP contribution < -0.4 is 10.5 Å². The number of anilines is 1. The number of benzene rings is 1.